The number of nitrogens with zero attached hydrogens (tertiary/aromatic N) is 1. The molecule has 2 atom stereocenters. The van der Waals surface area contributed by atoms with E-state index in [0.717, 1.165) is 25.0 Å². The van der Waals surface area contributed by atoms with Gasteiger partial charge in [-0.1, -0.05) is 12.5 Å². The van der Waals surface area contributed by atoms with Crippen molar-refractivity contribution >= 4 is 5.91 Å². The Morgan fingerprint density at radius 3 is 3.06 bits per heavy atom. The first-order chi connectivity index (χ1) is 8.79. The van der Waals surface area contributed by atoms with Crippen LogP contribution in [-0.4, -0.2) is 28.6 Å². The average molecular weight is 248 g/mol. The summed E-state index contributed by atoms with van der Waals surface area (Å²) in [6.45, 7) is 0.172. The molecular formula is C14H20N2O2. The molecule has 1 heterocycles. The van der Waals surface area contributed by atoms with Crippen molar-refractivity contribution in [2.45, 2.75) is 38.1 Å². The summed E-state index contributed by atoms with van der Waals surface area (Å²) >= 11 is 0. The molecule has 2 N–H and O–H groups in total. The number of aliphatic hydroxyl groups excluding tert-OH is 1. The molecule has 0 aromatic carbocycles. The van der Waals surface area contributed by atoms with E-state index in [1.54, 1.807) is 6.20 Å². The number of aromatic nitrogens is 1. The largest absolute Gasteiger partial charge is 0.396 e. The third kappa shape index (κ3) is 3.53. The van der Waals surface area contributed by atoms with Crippen molar-refractivity contribution in [1.82, 2.24) is 10.3 Å². The lowest BCUT2D eigenvalue weighted by molar-refractivity contribution is -0.122. The van der Waals surface area contributed by atoms with Gasteiger partial charge < -0.3 is 10.4 Å². The van der Waals surface area contributed by atoms with Gasteiger partial charge in [0.1, 0.15) is 0 Å². The van der Waals surface area contributed by atoms with Gasteiger partial charge in [-0.2, -0.15) is 0 Å². The first kappa shape index (κ1) is 13.0. The van der Waals surface area contributed by atoms with Crippen molar-refractivity contribution in [3.8, 4) is 0 Å². The summed E-state index contributed by atoms with van der Waals surface area (Å²) in [6, 6.07) is 5.89. The van der Waals surface area contributed by atoms with Crippen LogP contribution in [0.4, 0.5) is 0 Å². The Bertz CT molecular complexity index is 381. The van der Waals surface area contributed by atoms with Crippen LogP contribution in [0.3, 0.4) is 0 Å². The zero-order valence-electron chi connectivity index (χ0n) is 10.5. The maximum Gasteiger partial charge on any atom is 0.220 e. The number of carbonyl (C=O) groups excluding carboxylic acids is 1. The second-order valence-corrected chi connectivity index (χ2v) is 4.87. The predicted octanol–water partition coefficient (Wildman–Crippen LogP) is 1.29. The third-order valence-electron chi connectivity index (χ3n) is 3.57. The molecule has 18 heavy (non-hydrogen) atoms. The monoisotopic (exact) mass is 248 g/mol. The molecule has 1 aromatic heterocycles. The van der Waals surface area contributed by atoms with E-state index in [0.29, 0.717) is 12.8 Å². The Hall–Kier alpha value is -1.42. The molecule has 0 radical (unpaired) electrons. The zero-order chi connectivity index (χ0) is 12.8. The number of aryl methyl sites for hydroxylation is 1. The van der Waals surface area contributed by atoms with Crippen molar-refractivity contribution in [2.24, 2.45) is 5.92 Å². The Kier molecular flexibility index (Phi) is 4.70. The Morgan fingerprint density at radius 1 is 1.44 bits per heavy atom. The Balaban J connectivity index is 1.75. The van der Waals surface area contributed by atoms with Gasteiger partial charge in [-0.25, -0.2) is 0 Å². The average Bonchev–Trinajstić information content (AvgIpc) is 2.85. The highest BCUT2D eigenvalue weighted by Gasteiger charge is 2.27. The van der Waals surface area contributed by atoms with Crippen molar-refractivity contribution in [1.29, 1.82) is 0 Å². The molecule has 2 rings (SSSR count). The van der Waals surface area contributed by atoms with E-state index in [-0.39, 0.29) is 24.5 Å². The summed E-state index contributed by atoms with van der Waals surface area (Å²) in [6.07, 6.45) is 5.97. The Morgan fingerprint density at radius 2 is 2.33 bits per heavy atom. The summed E-state index contributed by atoms with van der Waals surface area (Å²) in [4.78, 5) is 16.0. The second-order valence-electron chi connectivity index (χ2n) is 4.87. The topological polar surface area (TPSA) is 62.2 Å². The molecule has 1 saturated carbocycles. The van der Waals surface area contributed by atoms with E-state index >= 15 is 0 Å². The predicted molar refractivity (Wildman–Crippen MR) is 68.9 cm³/mol. The molecule has 0 spiro atoms. The fraction of sp³-hybridized carbons (Fsp3) is 0.571. The van der Waals surface area contributed by atoms with E-state index in [2.05, 4.69) is 10.3 Å². The van der Waals surface area contributed by atoms with E-state index in [4.69, 9.17) is 0 Å². The number of rotatable bonds is 5. The molecule has 4 heteroatoms. The fourth-order valence-electron chi connectivity index (χ4n) is 2.51. The highest BCUT2D eigenvalue weighted by Crippen LogP contribution is 2.25. The van der Waals surface area contributed by atoms with Crippen LogP contribution < -0.4 is 5.32 Å². The van der Waals surface area contributed by atoms with Gasteiger partial charge in [0.2, 0.25) is 5.91 Å². The molecule has 0 bridgehead atoms. The van der Waals surface area contributed by atoms with Crippen LogP contribution in [-0.2, 0) is 11.2 Å². The van der Waals surface area contributed by atoms with Crippen molar-refractivity contribution in [3.63, 3.8) is 0 Å². The van der Waals surface area contributed by atoms with Gasteiger partial charge in [0.25, 0.3) is 0 Å². The minimum Gasteiger partial charge on any atom is -0.396 e. The van der Waals surface area contributed by atoms with Crippen molar-refractivity contribution in [3.05, 3.63) is 30.1 Å². The number of carbonyl (C=O) groups is 1. The van der Waals surface area contributed by atoms with Crippen LogP contribution in [0.15, 0.2) is 24.4 Å². The SMILES string of the molecule is O=C(CCc1ccccn1)NC1CCCC1CO. The van der Waals surface area contributed by atoms with Gasteiger partial charge >= 0.3 is 0 Å². The molecule has 98 valence electrons. The second kappa shape index (κ2) is 6.50. The lowest BCUT2D eigenvalue weighted by Gasteiger charge is -2.18. The van der Waals surface area contributed by atoms with Crippen LogP contribution in [0.5, 0.6) is 0 Å². The van der Waals surface area contributed by atoms with E-state index in [1.165, 1.54) is 0 Å². The van der Waals surface area contributed by atoms with Gasteiger partial charge in [0.15, 0.2) is 0 Å². The smallest absolute Gasteiger partial charge is 0.220 e. The summed E-state index contributed by atoms with van der Waals surface area (Å²) in [7, 11) is 0. The van der Waals surface area contributed by atoms with Crippen molar-refractivity contribution < 1.29 is 9.90 Å². The van der Waals surface area contributed by atoms with Crippen LogP contribution in [0.2, 0.25) is 0 Å². The quantitative estimate of drug-likeness (QED) is 0.825. The molecule has 1 aliphatic carbocycles. The molecule has 0 saturated heterocycles. The molecule has 2 unspecified atom stereocenters. The first-order valence-corrected chi connectivity index (χ1v) is 6.59. The Labute approximate surface area is 107 Å². The van der Waals surface area contributed by atoms with Gasteiger partial charge in [-0.05, 0) is 31.4 Å². The summed E-state index contributed by atoms with van der Waals surface area (Å²) in [5, 5.41) is 12.2. The standard InChI is InChI=1S/C14H20N2O2/c17-10-11-4-3-6-13(11)16-14(18)8-7-12-5-1-2-9-15-12/h1-2,5,9,11,13,17H,3-4,6-8,10H2,(H,16,18). The first-order valence-electron chi connectivity index (χ1n) is 6.59. The van der Waals surface area contributed by atoms with Crippen LogP contribution in [0.1, 0.15) is 31.4 Å². The van der Waals surface area contributed by atoms with Crippen LogP contribution >= 0.6 is 0 Å². The highest BCUT2D eigenvalue weighted by atomic mass is 16.3. The van der Waals surface area contributed by atoms with Crippen molar-refractivity contribution in [2.75, 3.05) is 6.61 Å². The van der Waals surface area contributed by atoms with E-state index in [9.17, 15) is 9.90 Å². The number of aliphatic hydroxyl groups is 1. The van der Waals surface area contributed by atoms with Gasteiger partial charge in [0, 0.05) is 36.9 Å². The highest BCUT2D eigenvalue weighted by molar-refractivity contribution is 5.76. The molecule has 1 amide bonds. The van der Waals surface area contributed by atoms with Gasteiger partial charge in [-0.3, -0.25) is 9.78 Å². The maximum atomic E-state index is 11.8. The number of nitrogens with one attached hydrogen (secondary N) is 1. The molecule has 1 aromatic rings. The number of hydrogen-bond acceptors (Lipinski definition) is 3. The molecular weight excluding hydrogens is 228 g/mol. The lowest BCUT2D eigenvalue weighted by atomic mass is 10.0. The van der Waals surface area contributed by atoms with Crippen LogP contribution in [0, 0.1) is 5.92 Å². The van der Waals surface area contributed by atoms with E-state index < -0.39 is 0 Å². The molecule has 0 aliphatic heterocycles. The minimum atomic E-state index is 0.0611. The van der Waals surface area contributed by atoms with Gasteiger partial charge in [-0.15, -0.1) is 0 Å². The number of pyridine rings is 1. The maximum absolute atomic E-state index is 11.8. The lowest BCUT2D eigenvalue weighted by Crippen LogP contribution is -2.38. The summed E-state index contributed by atoms with van der Waals surface area (Å²) < 4.78 is 0. The van der Waals surface area contributed by atoms with E-state index in [1.807, 2.05) is 18.2 Å². The molecule has 4 nitrogen and oxygen atoms in total. The van der Waals surface area contributed by atoms with Gasteiger partial charge in [0.05, 0.1) is 0 Å². The summed E-state index contributed by atoms with van der Waals surface area (Å²) in [5.74, 6) is 0.301. The van der Waals surface area contributed by atoms with Crippen LogP contribution in [0.25, 0.3) is 0 Å². The fourth-order valence-corrected chi connectivity index (χ4v) is 2.51. The summed E-state index contributed by atoms with van der Waals surface area (Å²) in [5.41, 5.74) is 0.942. The molecule has 1 aliphatic rings. The zero-order valence-corrected chi connectivity index (χ0v) is 10.5. The number of hydrogen-bond donors (Lipinski definition) is 2. The third-order valence-corrected chi connectivity index (χ3v) is 3.57. The number of amides is 1. The molecule has 1 fully saturated rings. The minimum absolute atomic E-state index is 0.0611. The normalized spacial score (nSPS) is 22.9.